The molecule has 0 aromatic rings. The SMILES string of the molecule is CC1CC(CN(C)C(=C(Br)[N+](=O)[O-])N(C)C)CO1. The first kappa shape index (κ1) is 15.2. The molecule has 1 aliphatic rings. The van der Waals surface area contributed by atoms with E-state index >= 15 is 0 Å². The minimum Gasteiger partial charge on any atom is -0.378 e. The van der Waals surface area contributed by atoms with Crippen LogP contribution in [0.4, 0.5) is 0 Å². The number of nitro groups is 1. The van der Waals surface area contributed by atoms with Crippen LogP contribution in [-0.2, 0) is 4.74 Å². The number of rotatable bonds is 5. The van der Waals surface area contributed by atoms with Crippen LogP contribution in [-0.4, -0.2) is 55.1 Å². The van der Waals surface area contributed by atoms with Gasteiger partial charge in [-0.3, -0.25) is 10.1 Å². The van der Waals surface area contributed by atoms with Gasteiger partial charge in [-0.2, -0.15) is 0 Å². The topological polar surface area (TPSA) is 58.8 Å². The summed E-state index contributed by atoms with van der Waals surface area (Å²) in [6, 6.07) is 0. The molecule has 0 aromatic heterocycles. The highest BCUT2D eigenvalue weighted by atomic mass is 79.9. The molecule has 7 heteroatoms. The molecular weight excluding hydrogens is 302 g/mol. The molecule has 0 saturated carbocycles. The second-order valence-corrected chi connectivity index (χ2v) is 5.64. The summed E-state index contributed by atoms with van der Waals surface area (Å²) in [5, 5.41) is 10.9. The minimum absolute atomic E-state index is 0.0121. The Kier molecular flexibility index (Phi) is 5.40. The van der Waals surface area contributed by atoms with E-state index in [9.17, 15) is 10.1 Å². The van der Waals surface area contributed by atoms with Crippen LogP contribution in [0.3, 0.4) is 0 Å². The highest BCUT2D eigenvalue weighted by Crippen LogP contribution is 2.23. The third kappa shape index (κ3) is 3.84. The van der Waals surface area contributed by atoms with Crippen molar-refractivity contribution >= 4 is 15.9 Å². The van der Waals surface area contributed by atoms with Crippen LogP contribution in [0, 0.1) is 16.0 Å². The van der Waals surface area contributed by atoms with Crippen LogP contribution in [0.2, 0.25) is 0 Å². The molecule has 0 bridgehead atoms. The lowest BCUT2D eigenvalue weighted by molar-refractivity contribution is -0.412. The zero-order valence-electron chi connectivity index (χ0n) is 11.2. The Morgan fingerprint density at radius 3 is 2.50 bits per heavy atom. The van der Waals surface area contributed by atoms with Crippen LogP contribution in [0.25, 0.3) is 0 Å². The molecule has 2 unspecified atom stereocenters. The van der Waals surface area contributed by atoms with Gasteiger partial charge in [-0.05, 0) is 13.3 Å². The smallest absolute Gasteiger partial charge is 0.350 e. The van der Waals surface area contributed by atoms with E-state index < -0.39 is 4.92 Å². The Bertz CT molecular complexity index is 346. The molecule has 1 fully saturated rings. The summed E-state index contributed by atoms with van der Waals surface area (Å²) in [4.78, 5) is 14.1. The third-order valence-corrected chi connectivity index (χ3v) is 3.59. The molecule has 0 N–H and O–H groups in total. The van der Waals surface area contributed by atoms with Crippen molar-refractivity contribution in [1.82, 2.24) is 9.80 Å². The number of hydrogen-bond acceptors (Lipinski definition) is 5. The van der Waals surface area contributed by atoms with E-state index in [1.165, 1.54) is 0 Å². The molecular formula is C11H20BrN3O3. The van der Waals surface area contributed by atoms with E-state index in [0.29, 0.717) is 11.7 Å². The zero-order chi connectivity index (χ0) is 13.9. The Hall–Kier alpha value is -0.820. The first-order valence-electron chi connectivity index (χ1n) is 5.87. The molecule has 1 rings (SSSR count). The highest BCUT2D eigenvalue weighted by Gasteiger charge is 2.27. The van der Waals surface area contributed by atoms with Crippen LogP contribution in [0.1, 0.15) is 13.3 Å². The van der Waals surface area contributed by atoms with Crippen molar-refractivity contribution < 1.29 is 9.66 Å². The maximum Gasteiger partial charge on any atom is 0.350 e. The lowest BCUT2D eigenvalue weighted by Crippen LogP contribution is -2.33. The van der Waals surface area contributed by atoms with Gasteiger partial charge in [0, 0.05) is 49.5 Å². The lowest BCUT2D eigenvalue weighted by Gasteiger charge is -2.28. The molecule has 104 valence electrons. The molecule has 1 aliphatic heterocycles. The van der Waals surface area contributed by atoms with E-state index in [0.717, 1.165) is 19.6 Å². The van der Waals surface area contributed by atoms with E-state index in [4.69, 9.17) is 4.74 Å². The molecule has 0 aliphatic carbocycles. The summed E-state index contributed by atoms with van der Waals surface area (Å²) in [6.45, 7) is 3.53. The number of hydrogen-bond donors (Lipinski definition) is 0. The monoisotopic (exact) mass is 321 g/mol. The fourth-order valence-corrected chi connectivity index (χ4v) is 2.93. The summed E-state index contributed by atoms with van der Waals surface area (Å²) in [7, 11) is 5.46. The van der Waals surface area contributed by atoms with Gasteiger partial charge in [-0.25, -0.2) is 0 Å². The first-order valence-corrected chi connectivity index (χ1v) is 6.66. The minimum atomic E-state index is -0.417. The average Bonchev–Trinajstić information content (AvgIpc) is 2.63. The van der Waals surface area contributed by atoms with Crippen LogP contribution < -0.4 is 0 Å². The van der Waals surface area contributed by atoms with E-state index in [1.807, 2.05) is 11.9 Å². The normalized spacial score (nSPS) is 24.7. The zero-order valence-corrected chi connectivity index (χ0v) is 12.8. The number of nitrogens with zero attached hydrogens (tertiary/aromatic N) is 3. The van der Waals surface area contributed by atoms with Gasteiger partial charge in [0.1, 0.15) is 0 Å². The van der Waals surface area contributed by atoms with Gasteiger partial charge in [0.25, 0.3) is 0 Å². The predicted octanol–water partition coefficient (Wildman–Crippen LogP) is 1.70. The standard InChI is InChI=1S/C11H20BrN3O3/c1-8-5-9(7-18-8)6-14(4)11(13(2)3)10(12)15(16)17/h8-9H,5-7H2,1-4H3. The molecule has 1 saturated heterocycles. The molecule has 0 amide bonds. The molecule has 2 atom stereocenters. The molecule has 0 aromatic carbocycles. The second kappa shape index (κ2) is 6.38. The van der Waals surface area contributed by atoms with Crippen molar-refractivity contribution in [3.8, 4) is 0 Å². The second-order valence-electron chi connectivity index (χ2n) is 4.89. The fraction of sp³-hybridized carbons (Fsp3) is 0.818. The van der Waals surface area contributed by atoms with Gasteiger partial charge in [0.2, 0.25) is 0 Å². The van der Waals surface area contributed by atoms with Gasteiger partial charge in [0.15, 0.2) is 5.82 Å². The summed E-state index contributed by atoms with van der Waals surface area (Å²) in [6.07, 6.45) is 1.29. The van der Waals surface area contributed by atoms with Crippen molar-refractivity contribution in [2.45, 2.75) is 19.4 Å². The molecule has 6 nitrogen and oxygen atoms in total. The molecule has 0 radical (unpaired) electrons. The van der Waals surface area contributed by atoms with Gasteiger partial charge in [-0.15, -0.1) is 0 Å². The summed E-state index contributed by atoms with van der Waals surface area (Å²) in [5.74, 6) is 0.992. The first-order chi connectivity index (χ1) is 8.32. The maximum atomic E-state index is 10.9. The van der Waals surface area contributed by atoms with Crippen molar-refractivity contribution in [2.24, 2.45) is 5.92 Å². The van der Waals surface area contributed by atoms with Crippen LogP contribution >= 0.6 is 15.9 Å². The van der Waals surface area contributed by atoms with Gasteiger partial charge in [-0.1, -0.05) is 0 Å². The Morgan fingerprint density at radius 1 is 1.50 bits per heavy atom. The fourth-order valence-electron chi connectivity index (χ4n) is 2.27. The van der Waals surface area contributed by atoms with Crippen molar-refractivity contribution in [3.05, 3.63) is 20.5 Å². The number of ether oxygens (including phenoxy) is 1. The van der Waals surface area contributed by atoms with Crippen LogP contribution in [0.5, 0.6) is 0 Å². The predicted molar refractivity (Wildman–Crippen MR) is 72.8 cm³/mol. The van der Waals surface area contributed by atoms with E-state index in [1.54, 1.807) is 19.0 Å². The average molecular weight is 322 g/mol. The summed E-state index contributed by atoms with van der Waals surface area (Å²) < 4.78 is 5.50. The summed E-state index contributed by atoms with van der Waals surface area (Å²) in [5.41, 5.74) is 0. The Balaban J connectivity index is 2.75. The van der Waals surface area contributed by atoms with E-state index in [-0.39, 0.29) is 10.7 Å². The molecule has 1 heterocycles. The Morgan fingerprint density at radius 2 is 2.11 bits per heavy atom. The van der Waals surface area contributed by atoms with Crippen molar-refractivity contribution in [3.63, 3.8) is 0 Å². The number of halogens is 1. The Labute approximate surface area is 116 Å². The summed E-state index contributed by atoms with van der Waals surface area (Å²) >= 11 is 3.04. The largest absolute Gasteiger partial charge is 0.378 e. The van der Waals surface area contributed by atoms with Crippen molar-refractivity contribution in [2.75, 3.05) is 34.3 Å². The van der Waals surface area contributed by atoms with Gasteiger partial charge < -0.3 is 14.5 Å². The van der Waals surface area contributed by atoms with Crippen LogP contribution in [0.15, 0.2) is 10.4 Å². The highest BCUT2D eigenvalue weighted by molar-refractivity contribution is 9.11. The molecule has 0 spiro atoms. The quantitative estimate of drug-likeness (QED) is 0.438. The third-order valence-electron chi connectivity index (χ3n) is 2.94. The molecule has 18 heavy (non-hydrogen) atoms. The van der Waals surface area contributed by atoms with Gasteiger partial charge in [0.05, 0.1) is 17.6 Å². The maximum absolute atomic E-state index is 10.9. The van der Waals surface area contributed by atoms with Crippen molar-refractivity contribution in [1.29, 1.82) is 0 Å². The van der Waals surface area contributed by atoms with Gasteiger partial charge >= 0.3 is 4.61 Å². The van der Waals surface area contributed by atoms with E-state index in [2.05, 4.69) is 22.9 Å². The lowest BCUT2D eigenvalue weighted by atomic mass is 10.1.